The second kappa shape index (κ2) is 6.28. The Labute approximate surface area is 109 Å². The van der Waals surface area contributed by atoms with Crippen LogP contribution in [0.15, 0.2) is 24.3 Å². The molecule has 1 amide bonds. The van der Waals surface area contributed by atoms with E-state index in [1.54, 1.807) is 24.3 Å². The third kappa shape index (κ3) is 5.08. The summed E-state index contributed by atoms with van der Waals surface area (Å²) in [7, 11) is 0. The highest BCUT2D eigenvalue weighted by Gasteiger charge is 2.19. The molecule has 0 aromatic heterocycles. The number of benzene rings is 1. The molecule has 100 valence electrons. The summed E-state index contributed by atoms with van der Waals surface area (Å²) in [6, 6.07) is 7.05. The molecule has 1 rings (SSSR count). The normalized spacial score (nSPS) is 11.1. The van der Waals surface area contributed by atoms with Gasteiger partial charge in [-0.3, -0.25) is 4.79 Å². The highest BCUT2D eigenvalue weighted by Crippen LogP contribution is 2.14. The zero-order chi connectivity index (χ0) is 13.6. The summed E-state index contributed by atoms with van der Waals surface area (Å²) < 4.78 is 5.38. The van der Waals surface area contributed by atoms with E-state index in [1.807, 2.05) is 13.8 Å². The molecule has 0 aliphatic heterocycles. The summed E-state index contributed by atoms with van der Waals surface area (Å²) in [4.78, 5) is 11.7. The third-order valence-corrected chi connectivity index (χ3v) is 2.58. The van der Waals surface area contributed by atoms with Gasteiger partial charge in [-0.2, -0.15) is 0 Å². The Morgan fingerprint density at radius 1 is 1.44 bits per heavy atom. The molecule has 0 bridgehead atoms. The lowest BCUT2D eigenvalue weighted by Gasteiger charge is -2.25. The number of hydrogen-bond donors (Lipinski definition) is 2. The van der Waals surface area contributed by atoms with E-state index < -0.39 is 0 Å². The lowest BCUT2D eigenvalue weighted by atomic mass is 9.99. The van der Waals surface area contributed by atoms with Gasteiger partial charge < -0.3 is 15.8 Å². The lowest BCUT2D eigenvalue weighted by Crippen LogP contribution is -2.45. The van der Waals surface area contributed by atoms with Crippen LogP contribution in [0.5, 0.6) is 5.75 Å². The van der Waals surface area contributed by atoms with Crippen LogP contribution in [-0.2, 0) is 4.79 Å². The number of nitrogen functional groups attached to an aromatic ring is 1. The maximum absolute atomic E-state index is 11.7. The minimum Gasteiger partial charge on any atom is -0.484 e. The van der Waals surface area contributed by atoms with Crippen molar-refractivity contribution in [3.8, 4) is 5.75 Å². The maximum Gasteiger partial charge on any atom is 0.258 e. The van der Waals surface area contributed by atoms with Crippen LogP contribution >= 0.6 is 0 Å². The van der Waals surface area contributed by atoms with Gasteiger partial charge >= 0.3 is 0 Å². The molecule has 0 saturated carbocycles. The van der Waals surface area contributed by atoms with Crippen LogP contribution in [0.1, 0.15) is 33.6 Å². The van der Waals surface area contributed by atoms with Gasteiger partial charge in [0.25, 0.3) is 5.91 Å². The first-order valence-corrected chi connectivity index (χ1v) is 6.22. The Morgan fingerprint density at radius 3 is 2.78 bits per heavy atom. The first-order valence-electron chi connectivity index (χ1n) is 6.22. The summed E-state index contributed by atoms with van der Waals surface area (Å²) in [5.74, 6) is 0.495. The molecule has 4 heteroatoms. The van der Waals surface area contributed by atoms with Crippen molar-refractivity contribution in [1.82, 2.24) is 5.32 Å². The van der Waals surface area contributed by atoms with Gasteiger partial charge in [0, 0.05) is 17.3 Å². The van der Waals surface area contributed by atoms with Crippen LogP contribution in [0.25, 0.3) is 0 Å². The van der Waals surface area contributed by atoms with Gasteiger partial charge in [0.2, 0.25) is 0 Å². The molecule has 1 aromatic rings. The Bertz CT molecular complexity index is 403. The van der Waals surface area contributed by atoms with Gasteiger partial charge in [-0.05, 0) is 32.4 Å². The molecule has 0 heterocycles. The standard InChI is InChI=1S/C14H22N2O2/c1-4-8-14(2,3)16-13(17)10-18-12-7-5-6-11(15)9-12/h5-7,9H,4,8,10,15H2,1-3H3,(H,16,17). The first-order chi connectivity index (χ1) is 8.43. The molecule has 0 fully saturated rings. The molecule has 18 heavy (non-hydrogen) atoms. The minimum absolute atomic E-state index is 0.0105. The average molecular weight is 250 g/mol. The first kappa shape index (κ1) is 14.4. The summed E-state index contributed by atoms with van der Waals surface area (Å²) in [5, 5.41) is 2.95. The summed E-state index contributed by atoms with van der Waals surface area (Å²) in [6.45, 7) is 6.12. The molecule has 0 atom stereocenters. The fourth-order valence-corrected chi connectivity index (χ4v) is 1.85. The van der Waals surface area contributed by atoms with Crippen molar-refractivity contribution >= 4 is 11.6 Å². The van der Waals surface area contributed by atoms with Crippen LogP contribution < -0.4 is 15.8 Å². The van der Waals surface area contributed by atoms with Crippen molar-refractivity contribution in [2.24, 2.45) is 0 Å². The highest BCUT2D eigenvalue weighted by atomic mass is 16.5. The van der Waals surface area contributed by atoms with Crippen molar-refractivity contribution in [3.63, 3.8) is 0 Å². The number of anilines is 1. The van der Waals surface area contributed by atoms with E-state index in [0.29, 0.717) is 11.4 Å². The number of amides is 1. The van der Waals surface area contributed by atoms with E-state index in [4.69, 9.17) is 10.5 Å². The molecule has 0 saturated heterocycles. The third-order valence-electron chi connectivity index (χ3n) is 2.58. The van der Waals surface area contributed by atoms with Crippen molar-refractivity contribution < 1.29 is 9.53 Å². The highest BCUT2D eigenvalue weighted by molar-refractivity contribution is 5.78. The van der Waals surface area contributed by atoms with E-state index >= 15 is 0 Å². The quantitative estimate of drug-likeness (QED) is 0.762. The van der Waals surface area contributed by atoms with Crippen LogP contribution in [0.2, 0.25) is 0 Å². The number of nitrogens with two attached hydrogens (primary N) is 1. The molecule has 3 N–H and O–H groups in total. The predicted molar refractivity (Wildman–Crippen MR) is 73.5 cm³/mol. The number of carbonyl (C=O) groups excluding carboxylic acids is 1. The molecule has 0 aliphatic carbocycles. The Kier molecular flexibility index (Phi) is 5.01. The average Bonchev–Trinajstić information content (AvgIpc) is 2.25. The molecule has 4 nitrogen and oxygen atoms in total. The monoisotopic (exact) mass is 250 g/mol. The Balaban J connectivity index is 2.42. The van der Waals surface area contributed by atoms with Crippen LogP contribution in [0.3, 0.4) is 0 Å². The fourth-order valence-electron chi connectivity index (χ4n) is 1.85. The van der Waals surface area contributed by atoms with Crippen molar-refractivity contribution in [2.45, 2.75) is 39.2 Å². The van der Waals surface area contributed by atoms with Gasteiger partial charge in [0.1, 0.15) is 5.75 Å². The van der Waals surface area contributed by atoms with Crippen molar-refractivity contribution in [2.75, 3.05) is 12.3 Å². The smallest absolute Gasteiger partial charge is 0.258 e. The van der Waals surface area contributed by atoms with Gasteiger partial charge in [0.15, 0.2) is 6.61 Å². The van der Waals surface area contributed by atoms with Crippen molar-refractivity contribution in [3.05, 3.63) is 24.3 Å². The fraction of sp³-hybridized carbons (Fsp3) is 0.500. The van der Waals surface area contributed by atoms with Gasteiger partial charge in [-0.15, -0.1) is 0 Å². The number of nitrogens with one attached hydrogen (secondary N) is 1. The summed E-state index contributed by atoms with van der Waals surface area (Å²) >= 11 is 0. The number of hydrogen-bond acceptors (Lipinski definition) is 3. The molecular weight excluding hydrogens is 228 g/mol. The van der Waals surface area contributed by atoms with Gasteiger partial charge in [0.05, 0.1) is 0 Å². The second-order valence-electron chi connectivity index (χ2n) is 5.04. The van der Waals surface area contributed by atoms with Crippen LogP contribution in [0, 0.1) is 0 Å². The van der Waals surface area contributed by atoms with Gasteiger partial charge in [-0.25, -0.2) is 0 Å². The van der Waals surface area contributed by atoms with E-state index in [0.717, 1.165) is 12.8 Å². The number of ether oxygens (including phenoxy) is 1. The molecule has 0 radical (unpaired) electrons. The molecule has 1 aromatic carbocycles. The van der Waals surface area contributed by atoms with E-state index in [2.05, 4.69) is 12.2 Å². The molecule has 0 spiro atoms. The minimum atomic E-state index is -0.190. The maximum atomic E-state index is 11.7. The van der Waals surface area contributed by atoms with E-state index in [-0.39, 0.29) is 18.1 Å². The molecule has 0 aliphatic rings. The Hall–Kier alpha value is -1.71. The van der Waals surface area contributed by atoms with Gasteiger partial charge in [-0.1, -0.05) is 19.4 Å². The number of carbonyl (C=O) groups is 1. The van der Waals surface area contributed by atoms with Crippen molar-refractivity contribution in [1.29, 1.82) is 0 Å². The second-order valence-corrected chi connectivity index (χ2v) is 5.04. The summed E-state index contributed by atoms with van der Waals surface area (Å²) in [6.07, 6.45) is 1.97. The zero-order valence-corrected chi connectivity index (χ0v) is 11.3. The van der Waals surface area contributed by atoms with E-state index in [9.17, 15) is 4.79 Å². The lowest BCUT2D eigenvalue weighted by molar-refractivity contribution is -0.124. The van der Waals surface area contributed by atoms with E-state index in [1.165, 1.54) is 0 Å². The van der Waals surface area contributed by atoms with Crippen LogP contribution in [0.4, 0.5) is 5.69 Å². The van der Waals surface area contributed by atoms with Crippen LogP contribution in [-0.4, -0.2) is 18.1 Å². The SMILES string of the molecule is CCCC(C)(C)NC(=O)COc1cccc(N)c1. The molecule has 0 unspecified atom stereocenters. The number of rotatable bonds is 6. The molecular formula is C14H22N2O2. The Morgan fingerprint density at radius 2 is 2.17 bits per heavy atom. The summed E-state index contributed by atoms with van der Waals surface area (Å²) in [5.41, 5.74) is 6.06. The predicted octanol–water partition coefficient (Wildman–Crippen LogP) is 2.34. The largest absolute Gasteiger partial charge is 0.484 e. The topological polar surface area (TPSA) is 64.3 Å². The zero-order valence-electron chi connectivity index (χ0n) is 11.3.